The normalized spacial score (nSPS) is 10.4. The van der Waals surface area contributed by atoms with Crippen LogP contribution in [-0.2, 0) is 9.59 Å². The lowest BCUT2D eigenvalue weighted by Crippen LogP contribution is -2.29. The van der Waals surface area contributed by atoms with Crippen LogP contribution in [0.1, 0.15) is 5.56 Å². The number of rotatable bonds is 2. The van der Waals surface area contributed by atoms with Gasteiger partial charge in [-0.15, -0.1) is 0 Å². The Morgan fingerprint density at radius 1 is 0.958 bits per heavy atom. The summed E-state index contributed by atoms with van der Waals surface area (Å²) in [4.78, 5) is 28.5. The fourth-order valence-corrected chi connectivity index (χ4v) is 2.46. The van der Waals surface area contributed by atoms with E-state index < -0.39 is 11.8 Å². The molecule has 0 fully saturated rings. The van der Waals surface area contributed by atoms with E-state index in [1.54, 1.807) is 36.5 Å². The molecule has 24 heavy (non-hydrogen) atoms. The topological polar surface area (TPSA) is 71.1 Å². The first-order valence-corrected chi connectivity index (χ1v) is 7.64. The van der Waals surface area contributed by atoms with Crippen LogP contribution in [0.25, 0.3) is 10.9 Å². The number of carbonyl (C=O) groups is 2. The summed E-state index contributed by atoms with van der Waals surface area (Å²) in [7, 11) is 0. The zero-order valence-electron chi connectivity index (χ0n) is 12.8. The molecule has 2 amide bonds. The minimum atomic E-state index is -0.771. The Bertz CT molecular complexity index is 935. The van der Waals surface area contributed by atoms with Crippen LogP contribution in [0.4, 0.5) is 11.4 Å². The smallest absolute Gasteiger partial charge is 0.314 e. The molecule has 0 bridgehead atoms. The molecule has 2 aromatic carbocycles. The first-order chi connectivity index (χ1) is 11.5. The molecule has 0 unspecified atom stereocenters. The van der Waals surface area contributed by atoms with Gasteiger partial charge < -0.3 is 10.6 Å². The van der Waals surface area contributed by atoms with Gasteiger partial charge in [-0.2, -0.15) is 0 Å². The van der Waals surface area contributed by atoms with Crippen molar-refractivity contribution in [3.63, 3.8) is 0 Å². The lowest BCUT2D eigenvalue weighted by molar-refractivity contribution is -0.132. The quantitative estimate of drug-likeness (QED) is 0.698. The summed E-state index contributed by atoms with van der Waals surface area (Å²) < 4.78 is 0. The third kappa shape index (κ3) is 3.36. The average Bonchev–Trinajstić information content (AvgIpc) is 2.58. The number of amides is 2. The maximum atomic E-state index is 12.2. The van der Waals surface area contributed by atoms with Gasteiger partial charge >= 0.3 is 11.8 Å². The van der Waals surface area contributed by atoms with Crippen LogP contribution < -0.4 is 10.6 Å². The summed E-state index contributed by atoms with van der Waals surface area (Å²) in [5.74, 6) is -1.54. The molecule has 0 radical (unpaired) electrons. The van der Waals surface area contributed by atoms with Crippen molar-refractivity contribution in [2.45, 2.75) is 6.92 Å². The van der Waals surface area contributed by atoms with Gasteiger partial charge in [0.05, 0.1) is 11.2 Å². The van der Waals surface area contributed by atoms with Gasteiger partial charge in [-0.3, -0.25) is 14.6 Å². The minimum Gasteiger partial charge on any atom is -0.317 e. The molecule has 0 aliphatic carbocycles. The van der Waals surface area contributed by atoms with Gasteiger partial charge in [-0.05, 0) is 36.8 Å². The maximum Gasteiger partial charge on any atom is 0.314 e. The molecule has 0 saturated heterocycles. The third-order valence-electron chi connectivity index (χ3n) is 3.53. The number of hydrogen-bond donors (Lipinski definition) is 2. The number of pyridine rings is 1. The number of fused-ring (bicyclic) bond motifs is 1. The molecule has 3 aromatic rings. The minimum absolute atomic E-state index is 0.481. The summed E-state index contributed by atoms with van der Waals surface area (Å²) in [6.07, 6.45) is 1.63. The first-order valence-electron chi connectivity index (χ1n) is 7.27. The van der Waals surface area contributed by atoms with E-state index in [2.05, 4.69) is 15.6 Å². The fourth-order valence-electron chi connectivity index (χ4n) is 2.29. The number of halogens is 1. The van der Waals surface area contributed by atoms with Crippen molar-refractivity contribution in [1.29, 1.82) is 0 Å². The monoisotopic (exact) mass is 339 g/mol. The van der Waals surface area contributed by atoms with Crippen LogP contribution in [0.5, 0.6) is 0 Å². The lowest BCUT2D eigenvalue weighted by atomic mass is 10.2. The van der Waals surface area contributed by atoms with Crippen molar-refractivity contribution >= 4 is 45.7 Å². The molecule has 1 aromatic heterocycles. The van der Waals surface area contributed by atoms with E-state index in [9.17, 15) is 9.59 Å². The van der Waals surface area contributed by atoms with Gasteiger partial charge in [0.2, 0.25) is 0 Å². The Labute approximate surface area is 143 Å². The van der Waals surface area contributed by atoms with Crippen LogP contribution in [0.2, 0.25) is 5.02 Å². The van der Waals surface area contributed by atoms with Gasteiger partial charge in [0.15, 0.2) is 0 Å². The molecule has 1 heterocycles. The number of nitrogens with zero attached hydrogens (tertiary/aromatic N) is 1. The van der Waals surface area contributed by atoms with Gasteiger partial charge in [0, 0.05) is 22.3 Å². The summed E-state index contributed by atoms with van der Waals surface area (Å²) in [5, 5.41) is 6.51. The maximum absolute atomic E-state index is 12.2. The summed E-state index contributed by atoms with van der Waals surface area (Å²) >= 11 is 5.91. The Balaban J connectivity index is 1.79. The van der Waals surface area contributed by atoms with Gasteiger partial charge in [0.25, 0.3) is 0 Å². The average molecular weight is 340 g/mol. The standard InChI is InChI=1S/C18H14ClN3O2/c1-11-7-8-13(19)10-15(11)22-18(24)17(23)21-14-6-2-4-12-5-3-9-20-16(12)14/h2-10H,1H3,(H,21,23)(H,22,24). The molecule has 0 aliphatic heterocycles. The van der Waals surface area contributed by atoms with Crippen molar-refractivity contribution in [3.8, 4) is 0 Å². The van der Waals surface area contributed by atoms with Gasteiger partial charge in [0.1, 0.15) is 0 Å². The second-order valence-electron chi connectivity index (χ2n) is 5.25. The second-order valence-corrected chi connectivity index (χ2v) is 5.68. The van der Waals surface area contributed by atoms with Gasteiger partial charge in [-0.1, -0.05) is 35.9 Å². The Hall–Kier alpha value is -2.92. The zero-order chi connectivity index (χ0) is 17.1. The van der Waals surface area contributed by atoms with Crippen LogP contribution in [0.3, 0.4) is 0 Å². The molecule has 3 rings (SSSR count). The Morgan fingerprint density at radius 2 is 1.67 bits per heavy atom. The highest BCUT2D eigenvalue weighted by atomic mass is 35.5. The number of para-hydroxylation sites is 1. The largest absolute Gasteiger partial charge is 0.317 e. The molecule has 6 heteroatoms. The van der Waals surface area contributed by atoms with Crippen LogP contribution >= 0.6 is 11.6 Å². The van der Waals surface area contributed by atoms with E-state index in [0.717, 1.165) is 10.9 Å². The van der Waals surface area contributed by atoms with E-state index in [1.165, 1.54) is 0 Å². The predicted octanol–water partition coefficient (Wildman–Crippen LogP) is 3.77. The number of nitrogens with one attached hydrogen (secondary N) is 2. The predicted molar refractivity (Wildman–Crippen MR) is 95.2 cm³/mol. The number of anilines is 2. The highest BCUT2D eigenvalue weighted by molar-refractivity contribution is 6.44. The van der Waals surface area contributed by atoms with Crippen LogP contribution in [0.15, 0.2) is 54.7 Å². The van der Waals surface area contributed by atoms with Crippen LogP contribution in [0, 0.1) is 6.92 Å². The molecular formula is C18H14ClN3O2. The molecule has 0 spiro atoms. The molecule has 0 aliphatic rings. The van der Waals surface area contributed by atoms with E-state index in [0.29, 0.717) is 21.9 Å². The third-order valence-corrected chi connectivity index (χ3v) is 3.77. The molecule has 120 valence electrons. The van der Waals surface area contributed by atoms with Crippen molar-refractivity contribution < 1.29 is 9.59 Å². The number of benzene rings is 2. The highest BCUT2D eigenvalue weighted by Gasteiger charge is 2.16. The Morgan fingerprint density at radius 3 is 2.46 bits per heavy atom. The number of hydrogen-bond acceptors (Lipinski definition) is 3. The summed E-state index contributed by atoms with van der Waals surface area (Å²) in [5.41, 5.74) is 2.42. The van der Waals surface area contributed by atoms with Crippen molar-refractivity contribution in [1.82, 2.24) is 4.98 Å². The summed E-state index contributed by atoms with van der Waals surface area (Å²) in [6, 6.07) is 14.1. The molecule has 2 N–H and O–H groups in total. The van der Waals surface area contributed by atoms with E-state index in [4.69, 9.17) is 11.6 Å². The second kappa shape index (κ2) is 6.68. The SMILES string of the molecule is Cc1ccc(Cl)cc1NC(=O)C(=O)Nc1cccc2cccnc12. The van der Waals surface area contributed by atoms with E-state index in [-0.39, 0.29) is 0 Å². The lowest BCUT2D eigenvalue weighted by Gasteiger charge is -2.10. The van der Waals surface area contributed by atoms with Crippen LogP contribution in [-0.4, -0.2) is 16.8 Å². The molecule has 0 atom stereocenters. The van der Waals surface area contributed by atoms with Crippen molar-refractivity contribution in [2.75, 3.05) is 10.6 Å². The first kappa shape index (κ1) is 16.0. The van der Waals surface area contributed by atoms with Crippen molar-refractivity contribution in [2.24, 2.45) is 0 Å². The Kier molecular flexibility index (Phi) is 4.44. The zero-order valence-corrected chi connectivity index (χ0v) is 13.6. The van der Waals surface area contributed by atoms with E-state index in [1.807, 2.05) is 25.1 Å². The van der Waals surface area contributed by atoms with Gasteiger partial charge in [-0.25, -0.2) is 0 Å². The number of carbonyl (C=O) groups excluding carboxylic acids is 2. The molecular weight excluding hydrogens is 326 g/mol. The number of aryl methyl sites for hydroxylation is 1. The fraction of sp³-hybridized carbons (Fsp3) is 0.0556. The molecule has 5 nitrogen and oxygen atoms in total. The molecule has 0 saturated carbocycles. The highest BCUT2D eigenvalue weighted by Crippen LogP contribution is 2.22. The number of aromatic nitrogens is 1. The van der Waals surface area contributed by atoms with E-state index >= 15 is 0 Å². The van der Waals surface area contributed by atoms with Crippen molar-refractivity contribution in [3.05, 3.63) is 65.3 Å². The summed E-state index contributed by atoms with van der Waals surface area (Å²) in [6.45, 7) is 1.82.